The lowest BCUT2D eigenvalue weighted by atomic mass is 9.55. The van der Waals surface area contributed by atoms with Gasteiger partial charge in [-0.1, -0.05) is 26.3 Å². The SMILES string of the molecule is C=CC1C2CCCC3(C)OC3C[C@@H](/C(C)=C/c3cscn3)OC(=O)CC[C@]1(C)C(=O)[C@H](C)[C@H]2O. The number of fused-ring (bicyclic) bond motifs is 3. The first kappa shape index (κ1) is 25.3. The Morgan fingerprint density at radius 2 is 2.09 bits per heavy atom. The number of nitrogens with zero attached hydrogens (tertiary/aromatic N) is 1. The third kappa shape index (κ3) is 4.79. The van der Waals surface area contributed by atoms with Crippen molar-refractivity contribution in [2.75, 3.05) is 0 Å². The molecule has 1 aliphatic carbocycles. The van der Waals surface area contributed by atoms with Gasteiger partial charge in [-0.3, -0.25) is 9.59 Å². The fourth-order valence-electron chi connectivity index (χ4n) is 6.19. The van der Waals surface area contributed by atoms with Gasteiger partial charge in [-0.25, -0.2) is 4.98 Å². The lowest BCUT2D eigenvalue weighted by Crippen LogP contribution is -2.54. The van der Waals surface area contributed by atoms with Gasteiger partial charge in [0.15, 0.2) is 0 Å². The highest BCUT2D eigenvalue weighted by Gasteiger charge is 2.55. The number of carbonyl (C=O) groups excluding carboxylic acids is 2. The van der Waals surface area contributed by atoms with Crippen molar-refractivity contribution in [2.45, 2.75) is 90.1 Å². The Hall–Kier alpha value is -1.83. The number of hydrogen-bond donors (Lipinski definition) is 1. The lowest BCUT2D eigenvalue weighted by molar-refractivity contribution is -0.155. The summed E-state index contributed by atoms with van der Waals surface area (Å²) < 4.78 is 12.1. The summed E-state index contributed by atoms with van der Waals surface area (Å²) in [6.45, 7) is 11.8. The molecule has 0 radical (unpaired) electrons. The number of allylic oxidation sites excluding steroid dienone is 1. The minimum Gasteiger partial charge on any atom is -0.458 e. The zero-order chi connectivity index (χ0) is 24.7. The van der Waals surface area contributed by atoms with Crippen molar-refractivity contribution in [3.63, 3.8) is 0 Å². The number of carbonyl (C=O) groups is 2. The number of ketones is 1. The summed E-state index contributed by atoms with van der Waals surface area (Å²) in [4.78, 5) is 30.7. The van der Waals surface area contributed by atoms with Crippen molar-refractivity contribution in [1.29, 1.82) is 0 Å². The molecule has 3 aliphatic rings. The van der Waals surface area contributed by atoms with E-state index in [9.17, 15) is 14.7 Å². The van der Waals surface area contributed by atoms with Crippen LogP contribution >= 0.6 is 11.3 Å². The second-order valence-corrected chi connectivity index (χ2v) is 11.5. The molecule has 4 unspecified atom stereocenters. The fraction of sp³-hybridized carbons (Fsp3) is 0.667. The maximum atomic E-state index is 13.3. The summed E-state index contributed by atoms with van der Waals surface area (Å²) in [5.74, 6) is -1.03. The van der Waals surface area contributed by atoms with Crippen LogP contribution in [-0.2, 0) is 19.1 Å². The number of aliphatic hydroxyl groups excluding tert-OH is 1. The number of epoxide rings is 1. The van der Waals surface area contributed by atoms with Crippen LogP contribution in [0.15, 0.2) is 29.1 Å². The van der Waals surface area contributed by atoms with Gasteiger partial charge in [0.05, 0.1) is 29.0 Å². The Morgan fingerprint density at radius 3 is 2.76 bits per heavy atom. The van der Waals surface area contributed by atoms with E-state index in [1.54, 1.807) is 5.51 Å². The minimum atomic E-state index is -0.752. The number of thiazole rings is 1. The van der Waals surface area contributed by atoms with Gasteiger partial charge >= 0.3 is 5.97 Å². The highest BCUT2D eigenvalue weighted by molar-refractivity contribution is 7.07. The molecule has 3 fully saturated rings. The quantitative estimate of drug-likeness (QED) is 0.368. The van der Waals surface area contributed by atoms with Crippen LogP contribution in [0.5, 0.6) is 0 Å². The van der Waals surface area contributed by atoms with E-state index in [2.05, 4.69) is 18.5 Å². The van der Waals surface area contributed by atoms with Crippen molar-refractivity contribution in [3.05, 3.63) is 34.8 Å². The molecule has 0 amide bonds. The van der Waals surface area contributed by atoms with E-state index in [1.807, 2.05) is 38.3 Å². The molecule has 6 nitrogen and oxygen atoms in total. The molecule has 186 valence electrons. The van der Waals surface area contributed by atoms with Crippen LogP contribution in [0.3, 0.4) is 0 Å². The zero-order valence-electron chi connectivity index (χ0n) is 20.7. The van der Waals surface area contributed by atoms with E-state index in [0.717, 1.165) is 30.5 Å². The average Bonchev–Trinajstić information content (AvgIpc) is 3.17. The van der Waals surface area contributed by atoms with Gasteiger partial charge in [0.25, 0.3) is 0 Å². The number of Topliss-reactive ketones (excluding diaryl/α,β-unsaturated/α-hetero) is 1. The summed E-state index contributed by atoms with van der Waals surface area (Å²) >= 11 is 1.52. The number of rotatable bonds is 3. The third-order valence-electron chi connectivity index (χ3n) is 8.51. The zero-order valence-corrected chi connectivity index (χ0v) is 21.5. The molecular weight excluding hydrogens is 450 g/mol. The molecule has 0 spiro atoms. The van der Waals surface area contributed by atoms with Crippen LogP contribution < -0.4 is 0 Å². The smallest absolute Gasteiger partial charge is 0.306 e. The maximum absolute atomic E-state index is 13.3. The monoisotopic (exact) mass is 487 g/mol. The van der Waals surface area contributed by atoms with Gasteiger partial charge in [-0.2, -0.15) is 0 Å². The number of hydrogen-bond acceptors (Lipinski definition) is 7. The van der Waals surface area contributed by atoms with Gasteiger partial charge in [-0.15, -0.1) is 17.9 Å². The minimum absolute atomic E-state index is 0.00903. The van der Waals surface area contributed by atoms with E-state index in [1.165, 1.54) is 11.3 Å². The van der Waals surface area contributed by atoms with Crippen LogP contribution in [0, 0.1) is 23.2 Å². The second kappa shape index (κ2) is 9.67. The summed E-state index contributed by atoms with van der Waals surface area (Å²) in [5, 5.41) is 12.9. The second-order valence-electron chi connectivity index (χ2n) is 10.8. The van der Waals surface area contributed by atoms with Gasteiger partial charge in [-0.05, 0) is 56.6 Å². The van der Waals surface area contributed by atoms with Crippen molar-refractivity contribution in [1.82, 2.24) is 4.98 Å². The highest BCUT2D eigenvalue weighted by atomic mass is 32.1. The van der Waals surface area contributed by atoms with E-state index >= 15 is 0 Å². The first-order valence-electron chi connectivity index (χ1n) is 12.4. The Labute approximate surface area is 206 Å². The first-order valence-corrected chi connectivity index (χ1v) is 13.3. The standard InChI is InChI=1S/C27H37NO5S/c1-6-20-19-8-7-10-27(5)22(33-27)13-21(16(2)12-18-14-34-15-28-18)32-23(29)9-11-26(20,4)25(31)17(3)24(19)30/h6,12,14-15,17,19-22,24,30H,1,7-11,13H2,2-5H3/b16-12+/t17-,19?,20?,21+,22?,24-,26+,27?/m1/s1. The number of aromatic nitrogens is 1. The maximum Gasteiger partial charge on any atom is 0.306 e. The molecule has 3 heterocycles. The van der Waals surface area contributed by atoms with Crippen molar-refractivity contribution < 1.29 is 24.2 Å². The Morgan fingerprint density at radius 1 is 1.32 bits per heavy atom. The summed E-state index contributed by atoms with van der Waals surface area (Å²) in [5.41, 5.74) is 2.56. The molecule has 4 rings (SSSR count). The van der Waals surface area contributed by atoms with E-state index in [-0.39, 0.29) is 41.7 Å². The van der Waals surface area contributed by atoms with Crippen molar-refractivity contribution in [2.24, 2.45) is 23.2 Å². The predicted octanol–water partition coefficient (Wildman–Crippen LogP) is 4.97. The normalized spacial score (nSPS) is 41.7. The summed E-state index contributed by atoms with van der Waals surface area (Å²) in [6.07, 6.45) is 6.38. The van der Waals surface area contributed by atoms with Crippen LogP contribution in [0.4, 0.5) is 0 Å². The van der Waals surface area contributed by atoms with Gasteiger partial charge < -0.3 is 14.6 Å². The van der Waals surface area contributed by atoms with Crippen LogP contribution in [0.2, 0.25) is 0 Å². The molecule has 1 N–H and O–H groups in total. The van der Waals surface area contributed by atoms with Gasteiger partial charge in [0.2, 0.25) is 0 Å². The van der Waals surface area contributed by atoms with Gasteiger partial charge in [0.1, 0.15) is 11.9 Å². The van der Waals surface area contributed by atoms with E-state index in [4.69, 9.17) is 9.47 Å². The molecular formula is C27H37NO5S. The molecule has 1 saturated carbocycles. The molecule has 7 heteroatoms. The molecule has 0 aromatic carbocycles. The highest BCUT2D eigenvalue weighted by Crippen LogP contribution is 2.51. The Kier molecular flexibility index (Phi) is 7.19. The molecule has 2 bridgehead atoms. The fourth-order valence-corrected chi connectivity index (χ4v) is 6.70. The third-order valence-corrected chi connectivity index (χ3v) is 9.11. The molecule has 8 atom stereocenters. The molecule has 34 heavy (non-hydrogen) atoms. The van der Waals surface area contributed by atoms with Crippen molar-refractivity contribution in [3.8, 4) is 0 Å². The van der Waals surface area contributed by atoms with Crippen LogP contribution in [0.1, 0.15) is 71.9 Å². The largest absolute Gasteiger partial charge is 0.458 e. The van der Waals surface area contributed by atoms with E-state index < -0.39 is 23.5 Å². The number of cyclic esters (lactones) is 1. The summed E-state index contributed by atoms with van der Waals surface area (Å²) in [6, 6.07) is 0. The number of ether oxygens (including phenoxy) is 2. The first-order chi connectivity index (χ1) is 16.1. The predicted molar refractivity (Wildman–Crippen MR) is 132 cm³/mol. The van der Waals surface area contributed by atoms with Gasteiger partial charge in [0, 0.05) is 29.6 Å². The Bertz CT molecular complexity index is 958. The topological polar surface area (TPSA) is 89.0 Å². The van der Waals surface area contributed by atoms with Crippen LogP contribution in [-0.4, -0.2) is 45.8 Å². The Balaban J connectivity index is 1.61. The molecule has 2 saturated heterocycles. The van der Waals surface area contributed by atoms with E-state index in [0.29, 0.717) is 12.8 Å². The molecule has 2 aliphatic heterocycles. The number of aliphatic hydroxyl groups is 1. The average molecular weight is 488 g/mol. The van der Waals surface area contributed by atoms with Crippen molar-refractivity contribution >= 4 is 29.2 Å². The van der Waals surface area contributed by atoms with Crippen LogP contribution in [0.25, 0.3) is 6.08 Å². The lowest BCUT2D eigenvalue weighted by Gasteiger charge is -2.49. The molecule has 1 aromatic rings. The summed E-state index contributed by atoms with van der Waals surface area (Å²) in [7, 11) is 0. The molecule has 1 aromatic heterocycles. The number of esters is 1.